The van der Waals surface area contributed by atoms with Crippen molar-refractivity contribution in [2.45, 2.75) is 19.3 Å². The molecule has 1 aliphatic rings. The van der Waals surface area contributed by atoms with E-state index in [2.05, 4.69) is 0 Å². The van der Waals surface area contributed by atoms with Gasteiger partial charge in [-0.1, -0.05) is 11.6 Å². The van der Waals surface area contributed by atoms with Crippen molar-refractivity contribution in [3.05, 3.63) is 21.3 Å². The van der Waals surface area contributed by atoms with Crippen LogP contribution in [-0.2, 0) is 9.59 Å². The zero-order valence-electron chi connectivity index (χ0n) is 9.93. The molecule has 1 amide bonds. The van der Waals surface area contributed by atoms with Gasteiger partial charge in [-0.05, 0) is 25.5 Å². The van der Waals surface area contributed by atoms with Crippen molar-refractivity contribution in [1.29, 1.82) is 0 Å². The lowest BCUT2D eigenvalue weighted by Crippen LogP contribution is -2.32. The topological polar surface area (TPSA) is 57.6 Å². The van der Waals surface area contributed by atoms with E-state index in [0.717, 1.165) is 4.88 Å². The van der Waals surface area contributed by atoms with E-state index in [1.165, 1.54) is 11.3 Å². The lowest BCUT2D eigenvalue weighted by molar-refractivity contribution is -0.141. The van der Waals surface area contributed by atoms with Gasteiger partial charge in [-0.15, -0.1) is 11.3 Å². The molecule has 1 fully saturated rings. The fourth-order valence-electron chi connectivity index (χ4n) is 2.12. The molecule has 0 aromatic carbocycles. The average molecular weight is 288 g/mol. The van der Waals surface area contributed by atoms with E-state index < -0.39 is 11.9 Å². The highest BCUT2D eigenvalue weighted by molar-refractivity contribution is 7.16. The van der Waals surface area contributed by atoms with Gasteiger partial charge < -0.3 is 10.0 Å². The molecular weight excluding hydrogens is 274 g/mol. The number of hydrogen-bond acceptors (Lipinski definition) is 3. The molecule has 0 bridgehead atoms. The molecular formula is C12H14ClNO3S. The summed E-state index contributed by atoms with van der Waals surface area (Å²) in [6, 6.07) is 3.62. The Bertz CT molecular complexity index is 474. The highest BCUT2D eigenvalue weighted by Crippen LogP contribution is 2.30. The number of halogens is 1. The molecule has 2 rings (SSSR count). The molecule has 0 radical (unpaired) electrons. The molecule has 1 saturated heterocycles. The molecule has 2 unspecified atom stereocenters. The quantitative estimate of drug-likeness (QED) is 0.929. The van der Waals surface area contributed by atoms with E-state index in [-0.39, 0.29) is 11.8 Å². The SMILES string of the molecule is CC(C(=O)N1CCC(C(=O)O)C1)c1ccc(Cl)s1. The number of carbonyl (C=O) groups is 2. The Morgan fingerprint density at radius 3 is 2.78 bits per heavy atom. The van der Waals surface area contributed by atoms with E-state index in [4.69, 9.17) is 16.7 Å². The molecule has 0 aliphatic carbocycles. The summed E-state index contributed by atoms with van der Waals surface area (Å²) in [5.41, 5.74) is 0. The van der Waals surface area contributed by atoms with Crippen molar-refractivity contribution in [3.63, 3.8) is 0 Å². The van der Waals surface area contributed by atoms with E-state index in [9.17, 15) is 9.59 Å². The summed E-state index contributed by atoms with van der Waals surface area (Å²) in [7, 11) is 0. The van der Waals surface area contributed by atoms with Crippen LogP contribution in [0.25, 0.3) is 0 Å². The van der Waals surface area contributed by atoms with Crippen LogP contribution in [0.2, 0.25) is 4.34 Å². The molecule has 6 heteroatoms. The third-order valence-corrected chi connectivity index (χ3v) is 4.65. The normalized spacial score (nSPS) is 21.0. The number of likely N-dealkylation sites (tertiary alicyclic amines) is 1. The van der Waals surface area contributed by atoms with Crippen molar-refractivity contribution < 1.29 is 14.7 Å². The molecule has 1 aromatic rings. The number of thiophene rings is 1. The smallest absolute Gasteiger partial charge is 0.308 e. The summed E-state index contributed by atoms with van der Waals surface area (Å²) in [6.45, 7) is 2.68. The van der Waals surface area contributed by atoms with E-state index in [1.807, 2.05) is 13.0 Å². The molecule has 0 spiro atoms. The highest BCUT2D eigenvalue weighted by Gasteiger charge is 2.33. The second kappa shape index (κ2) is 5.28. The van der Waals surface area contributed by atoms with E-state index >= 15 is 0 Å². The first-order chi connectivity index (χ1) is 8.49. The largest absolute Gasteiger partial charge is 0.481 e. The lowest BCUT2D eigenvalue weighted by Gasteiger charge is -2.19. The maximum atomic E-state index is 12.2. The van der Waals surface area contributed by atoms with Crippen molar-refractivity contribution in [3.8, 4) is 0 Å². The number of rotatable bonds is 3. The predicted molar refractivity (Wildman–Crippen MR) is 70.1 cm³/mol. The van der Waals surface area contributed by atoms with Gasteiger partial charge in [0.1, 0.15) is 0 Å². The van der Waals surface area contributed by atoms with Crippen LogP contribution in [-0.4, -0.2) is 35.0 Å². The van der Waals surface area contributed by atoms with E-state index in [1.54, 1.807) is 11.0 Å². The van der Waals surface area contributed by atoms with Crippen LogP contribution in [0.4, 0.5) is 0 Å². The molecule has 0 saturated carbocycles. The number of hydrogen-bond donors (Lipinski definition) is 1. The van der Waals surface area contributed by atoms with Crippen molar-refractivity contribution in [2.24, 2.45) is 5.92 Å². The number of carboxylic acid groups (broad SMARTS) is 1. The van der Waals surface area contributed by atoms with Gasteiger partial charge in [-0.3, -0.25) is 9.59 Å². The Labute approximate surface area is 114 Å². The van der Waals surface area contributed by atoms with Gasteiger partial charge in [0.25, 0.3) is 0 Å². The minimum Gasteiger partial charge on any atom is -0.481 e. The summed E-state index contributed by atoms with van der Waals surface area (Å²) in [4.78, 5) is 25.6. The van der Waals surface area contributed by atoms with Crippen LogP contribution < -0.4 is 0 Å². The summed E-state index contributed by atoms with van der Waals surface area (Å²) < 4.78 is 0.662. The molecule has 4 nitrogen and oxygen atoms in total. The Hall–Kier alpha value is -1.07. The maximum Gasteiger partial charge on any atom is 0.308 e. The zero-order chi connectivity index (χ0) is 13.3. The van der Waals surface area contributed by atoms with Crippen LogP contribution in [0.5, 0.6) is 0 Å². The lowest BCUT2D eigenvalue weighted by atomic mass is 10.1. The summed E-state index contributed by atoms with van der Waals surface area (Å²) in [5, 5.41) is 8.92. The van der Waals surface area contributed by atoms with Crippen LogP contribution in [0.3, 0.4) is 0 Å². The number of amides is 1. The third kappa shape index (κ3) is 2.67. The minimum absolute atomic E-state index is 0.0164. The molecule has 1 aliphatic heterocycles. The number of aliphatic carboxylic acids is 1. The van der Waals surface area contributed by atoms with Crippen molar-refractivity contribution in [2.75, 3.05) is 13.1 Å². The molecule has 98 valence electrons. The fourth-order valence-corrected chi connectivity index (χ4v) is 3.22. The first kappa shape index (κ1) is 13.4. The Balaban J connectivity index is 2.02. The van der Waals surface area contributed by atoms with Gasteiger partial charge in [0.15, 0.2) is 0 Å². The Morgan fingerprint density at radius 1 is 1.56 bits per heavy atom. The second-order valence-corrected chi connectivity index (χ2v) is 6.22. The zero-order valence-corrected chi connectivity index (χ0v) is 11.5. The molecule has 1 aromatic heterocycles. The van der Waals surface area contributed by atoms with Crippen LogP contribution in [0, 0.1) is 5.92 Å². The van der Waals surface area contributed by atoms with Gasteiger partial charge in [0.05, 0.1) is 16.2 Å². The Kier molecular flexibility index (Phi) is 3.92. The van der Waals surface area contributed by atoms with Crippen LogP contribution in [0.15, 0.2) is 12.1 Å². The van der Waals surface area contributed by atoms with Gasteiger partial charge >= 0.3 is 5.97 Å². The third-order valence-electron chi connectivity index (χ3n) is 3.24. The first-order valence-corrected chi connectivity index (χ1v) is 6.95. The molecule has 2 atom stereocenters. The number of carboxylic acids is 1. The van der Waals surface area contributed by atoms with Crippen LogP contribution in [0.1, 0.15) is 24.1 Å². The van der Waals surface area contributed by atoms with Gasteiger partial charge in [-0.25, -0.2) is 0 Å². The van der Waals surface area contributed by atoms with Crippen molar-refractivity contribution >= 4 is 34.8 Å². The first-order valence-electron chi connectivity index (χ1n) is 5.76. The maximum absolute atomic E-state index is 12.2. The van der Waals surface area contributed by atoms with E-state index in [0.29, 0.717) is 23.8 Å². The van der Waals surface area contributed by atoms with Gasteiger partial charge in [-0.2, -0.15) is 0 Å². The number of carbonyl (C=O) groups excluding carboxylic acids is 1. The Morgan fingerprint density at radius 2 is 2.28 bits per heavy atom. The van der Waals surface area contributed by atoms with Crippen LogP contribution >= 0.6 is 22.9 Å². The second-order valence-electron chi connectivity index (χ2n) is 4.47. The van der Waals surface area contributed by atoms with Gasteiger partial charge in [0.2, 0.25) is 5.91 Å². The molecule has 18 heavy (non-hydrogen) atoms. The summed E-state index contributed by atoms with van der Waals surface area (Å²) in [5.74, 6) is -1.52. The fraction of sp³-hybridized carbons (Fsp3) is 0.500. The van der Waals surface area contributed by atoms with Gasteiger partial charge in [0, 0.05) is 18.0 Å². The molecule has 1 N–H and O–H groups in total. The molecule has 2 heterocycles. The van der Waals surface area contributed by atoms with Crippen molar-refractivity contribution in [1.82, 2.24) is 4.90 Å². The summed E-state index contributed by atoms with van der Waals surface area (Å²) >= 11 is 7.24. The highest BCUT2D eigenvalue weighted by atomic mass is 35.5. The summed E-state index contributed by atoms with van der Waals surface area (Å²) in [6.07, 6.45) is 0.541. The predicted octanol–water partition coefficient (Wildman–Crippen LogP) is 2.44. The standard InChI is InChI=1S/C12H14ClNO3S/c1-7(9-2-3-10(13)18-9)11(15)14-5-4-8(6-14)12(16)17/h2-3,7-8H,4-6H2,1H3,(H,16,17). The average Bonchev–Trinajstić information content (AvgIpc) is 2.95. The monoisotopic (exact) mass is 287 g/mol. The number of nitrogens with zero attached hydrogens (tertiary/aromatic N) is 1. The minimum atomic E-state index is -0.822.